The normalized spacial score (nSPS) is 11.3. The Morgan fingerprint density at radius 3 is 2.29 bits per heavy atom. The number of carboxylic acid groups (broad SMARTS) is 1. The molecule has 0 bridgehead atoms. The Hall–Kier alpha value is -1.92. The van der Waals surface area contributed by atoms with Crippen LogP contribution in [0.1, 0.15) is 15.9 Å². The van der Waals surface area contributed by atoms with Gasteiger partial charge in [0.05, 0.1) is 11.3 Å². The van der Waals surface area contributed by atoms with E-state index in [9.17, 15) is 17.6 Å². The lowest BCUT2D eigenvalue weighted by atomic mass is 10.2. The molecule has 7 heteroatoms. The molecule has 0 saturated heterocycles. The summed E-state index contributed by atoms with van der Waals surface area (Å²) < 4.78 is 38.1. The highest BCUT2D eigenvalue weighted by atomic mass is 35.5. The Bertz CT molecular complexity index is 785. The SMILES string of the molecule is O=C(O)c1ccc(S(=O)(=O)Cc2ccc(Cl)cc2)c(F)c1. The summed E-state index contributed by atoms with van der Waals surface area (Å²) in [5, 5.41) is 9.20. The van der Waals surface area contributed by atoms with Crippen molar-refractivity contribution >= 4 is 27.4 Å². The van der Waals surface area contributed by atoms with E-state index in [1.807, 2.05) is 0 Å². The minimum absolute atomic E-state index is 0.307. The number of carboxylic acids is 1. The molecule has 1 N–H and O–H groups in total. The maximum absolute atomic E-state index is 13.8. The first-order valence-corrected chi connectivity index (χ1v) is 7.83. The van der Waals surface area contributed by atoms with Gasteiger partial charge in [-0.1, -0.05) is 23.7 Å². The number of sulfone groups is 1. The third-order valence-corrected chi connectivity index (χ3v) is 4.75. The van der Waals surface area contributed by atoms with Crippen LogP contribution in [0.5, 0.6) is 0 Å². The lowest BCUT2D eigenvalue weighted by Gasteiger charge is -2.07. The van der Waals surface area contributed by atoms with Gasteiger partial charge < -0.3 is 5.11 Å². The first-order valence-electron chi connectivity index (χ1n) is 5.79. The Balaban J connectivity index is 2.35. The van der Waals surface area contributed by atoms with Crippen LogP contribution in [0.4, 0.5) is 4.39 Å². The Labute approximate surface area is 125 Å². The molecule has 4 nitrogen and oxygen atoms in total. The number of halogens is 2. The third-order valence-electron chi connectivity index (χ3n) is 2.78. The van der Waals surface area contributed by atoms with Gasteiger partial charge in [-0.05, 0) is 35.9 Å². The molecule has 0 aliphatic carbocycles. The van der Waals surface area contributed by atoms with Gasteiger partial charge in [-0.25, -0.2) is 17.6 Å². The molecular formula is C14H10ClFO4S. The van der Waals surface area contributed by atoms with Crippen molar-refractivity contribution in [2.24, 2.45) is 0 Å². The van der Waals surface area contributed by atoms with Crippen LogP contribution in [0.3, 0.4) is 0 Å². The fourth-order valence-corrected chi connectivity index (χ4v) is 3.31. The fourth-order valence-electron chi connectivity index (χ4n) is 1.76. The van der Waals surface area contributed by atoms with Crippen molar-refractivity contribution in [1.82, 2.24) is 0 Å². The maximum Gasteiger partial charge on any atom is 0.335 e. The predicted molar refractivity (Wildman–Crippen MR) is 75.7 cm³/mol. The van der Waals surface area contributed by atoms with E-state index in [0.717, 1.165) is 12.1 Å². The van der Waals surface area contributed by atoms with Crippen LogP contribution in [0.15, 0.2) is 47.4 Å². The van der Waals surface area contributed by atoms with Gasteiger partial charge in [0, 0.05) is 5.02 Å². The predicted octanol–water partition coefficient (Wildman–Crippen LogP) is 3.15. The molecule has 0 amide bonds. The molecule has 0 unspecified atom stereocenters. The molecule has 0 aliphatic heterocycles. The van der Waals surface area contributed by atoms with Crippen LogP contribution in [0.2, 0.25) is 5.02 Å². The highest BCUT2D eigenvalue weighted by Crippen LogP contribution is 2.21. The summed E-state index contributed by atoms with van der Waals surface area (Å²) in [6.45, 7) is 0. The average Bonchev–Trinajstić information content (AvgIpc) is 2.40. The van der Waals surface area contributed by atoms with E-state index in [0.29, 0.717) is 16.7 Å². The van der Waals surface area contributed by atoms with Gasteiger partial charge >= 0.3 is 5.97 Å². The topological polar surface area (TPSA) is 71.4 Å². The van der Waals surface area contributed by atoms with Gasteiger partial charge in [0.25, 0.3) is 0 Å². The van der Waals surface area contributed by atoms with Crippen LogP contribution >= 0.6 is 11.6 Å². The van der Waals surface area contributed by atoms with Gasteiger partial charge in [0.1, 0.15) is 10.7 Å². The Morgan fingerprint density at radius 1 is 1.14 bits per heavy atom. The van der Waals surface area contributed by atoms with Crippen LogP contribution in [0, 0.1) is 5.82 Å². The molecule has 2 aromatic rings. The summed E-state index contributed by atoms with van der Waals surface area (Å²) >= 11 is 5.71. The molecule has 0 saturated carbocycles. The zero-order valence-electron chi connectivity index (χ0n) is 10.6. The van der Waals surface area contributed by atoms with Crippen molar-refractivity contribution in [2.75, 3.05) is 0 Å². The van der Waals surface area contributed by atoms with Crippen LogP contribution in [0.25, 0.3) is 0 Å². The molecule has 0 fully saturated rings. The molecule has 0 aliphatic rings. The van der Waals surface area contributed by atoms with E-state index < -0.39 is 32.3 Å². The van der Waals surface area contributed by atoms with Crippen LogP contribution in [-0.2, 0) is 15.6 Å². The van der Waals surface area contributed by atoms with Gasteiger partial charge in [-0.3, -0.25) is 0 Å². The molecule has 0 aromatic heterocycles. The highest BCUT2D eigenvalue weighted by Gasteiger charge is 2.21. The smallest absolute Gasteiger partial charge is 0.335 e. The number of carbonyl (C=O) groups is 1. The molecule has 0 spiro atoms. The van der Waals surface area contributed by atoms with Crippen LogP contribution in [-0.4, -0.2) is 19.5 Å². The standard InChI is InChI=1S/C14H10ClFO4S/c15-11-4-1-9(2-5-11)8-21(19,20)13-6-3-10(14(17)18)7-12(13)16/h1-7H,8H2,(H,17,18). The first-order chi connectivity index (χ1) is 9.79. The first kappa shape index (κ1) is 15.5. The lowest BCUT2D eigenvalue weighted by Crippen LogP contribution is -2.08. The molecule has 0 atom stereocenters. The van der Waals surface area contributed by atoms with Crippen molar-refractivity contribution in [2.45, 2.75) is 10.6 Å². The Kier molecular flexibility index (Phi) is 4.29. The largest absolute Gasteiger partial charge is 0.478 e. The molecule has 2 rings (SSSR count). The van der Waals surface area contributed by atoms with Crippen molar-refractivity contribution in [3.05, 3.63) is 64.4 Å². The molecule has 0 radical (unpaired) electrons. The summed E-state index contributed by atoms with van der Waals surface area (Å²) in [7, 11) is -3.91. The lowest BCUT2D eigenvalue weighted by molar-refractivity contribution is 0.0696. The molecule has 110 valence electrons. The van der Waals surface area contributed by atoms with E-state index >= 15 is 0 Å². The molecular weight excluding hydrogens is 319 g/mol. The van der Waals surface area contributed by atoms with Crippen molar-refractivity contribution < 1.29 is 22.7 Å². The summed E-state index contributed by atoms with van der Waals surface area (Å²) in [6, 6.07) is 8.85. The van der Waals surface area contributed by atoms with E-state index in [-0.39, 0.29) is 5.56 Å². The van der Waals surface area contributed by atoms with Gasteiger partial charge in [0.15, 0.2) is 9.84 Å². The van der Waals surface area contributed by atoms with Gasteiger partial charge in [0.2, 0.25) is 0 Å². The zero-order valence-corrected chi connectivity index (χ0v) is 12.2. The molecule has 2 aromatic carbocycles. The molecule has 0 heterocycles. The van der Waals surface area contributed by atoms with Gasteiger partial charge in [-0.15, -0.1) is 0 Å². The van der Waals surface area contributed by atoms with Crippen molar-refractivity contribution in [3.63, 3.8) is 0 Å². The monoisotopic (exact) mass is 328 g/mol. The van der Waals surface area contributed by atoms with Gasteiger partial charge in [-0.2, -0.15) is 0 Å². The number of hydrogen-bond acceptors (Lipinski definition) is 3. The summed E-state index contributed by atoms with van der Waals surface area (Å²) in [5.74, 6) is -2.80. The van der Waals surface area contributed by atoms with Crippen molar-refractivity contribution in [1.29, 1.82) is 0 Å². The minimum Gasteiger partial charge on any atom is -0.478 e. The fraction of sp³-hybridized carbons (Fsp3) is 0.0714. The summed E-state index contributed by atoms with van der Waals surface area (Å²) in [6.07, 6.45) is 0. The second-order valence-electron chi connectivity index (χ2n) is 4.34. The second-order valence-corrected chi connectivity index (χ2v) is 6.73. The number of rotatable bonds is 4. The maximum atomic E-state index is 13.8. The Morgan fingerprint density at radius 2 is 1.76 bits per heavy atom. The third kappa shape index (κ3) is 3.59. The van der Waals surface area contributed by atoms with Crippen molar-refractivity contribution in [3.8, 4) is 0 Å². The van der Waals surface area contributed by atoms with E-state index in [1.54, 1.807) is 0 Å². The number of benzene rings is 2. The zero-order chi connectivity index (χ0) is 15.6. The number of hydrogen-bond donors (Lipinski definition) is 1. The quantitative estimate of drug-likeness (QED) is 0.935. The highest BCUT2D eigenvalue weighted by molar-refractivity contribution is 7.90. The average molecular weight is 329 g/mol. The van der Waals surface area contributed by atoms with E-state index in [4.69, 9.17) is 16.7 Å². The number of aromatic carboxylic acids is 1. The minimum atomic E-state index is -3.91. The summed E-state index contributed by atoms with van der Waals surface area (Å²) in [4.78, 5) is 10.2. The van der Waals surface area contributed by atoms with E-state index in [2.05, 4.69) is 0 Å². The van der Waals surface area contributed by atoms with E-state index in [1.165, 1.54) is 24.3 Å². The second kappa shape index (κ2) is 5.83. The molecule has 21 heavy (non-hydrogen) atoms. The summed E-state index contributed by atoms with van der Waals surface area (Å²) in [5.41, 5.74) is 0.152. The van der Waals surface area contributed by atoms with Crippen LogP contribution < -0.4 is 0 Å².